The topological polar surface area (TPSA) is 35.6 Å². The Bertz CT molecular complexity index is 294. The van der Waals surface area contributed by atoms with Crippen LogP contribution in [0.4, 0.5) is 0 Å². The Balaban J connectivity index is 1.86. The average molecular weight is 267 g/mol. The zero-order valence-electron chi connectivity index (χ0n) is 12.7. The van der Waals surface area contributed by atoms with Crippen LogP contribution in [0.2, 0.25) is 0 Å². The van der Waals surface area contributed by atoms with E-state index >= 15 is 0 Å². The lowest BCUT2D eigenvalue weighted by atomic mass is 9.86. The lowest BCUT2D eigenvalue weighted by molar-refractivity contribution is -0.138. The van der Waals surface area contributed by atoms with E-state index in [-0.39, 0.29) is 6.04 Å². The van der Waals surface area contributed by atoms with Gasteiger partial charge in [-0.05, 0) is 38.5 Å². The summed E-state index contributed by atoms with van der Waals surface area (Å²) in [5, 5.41) is 3.34. The highest BCUT2D eigenvalue weighted by atomic mass is 16.2. The maximum atomic E-state index is 12.6. The van der Waals surface area contributed by atoms with Gasteiger partial charge in [0.15, 0.2) is 0 Å². The monoisotopic (exact) mass is 267 g/mol. The summed E-state index contributed by atoms with van der Waals surface area (Å²) >= 11 is 0. The molecule has 0 aromatic carbocycles. The molecule has 0 radical (unpaired) electrons. The van der Waals surface area contributed by atoms with Crippen molar-refractivity contribution in [1.29, 1.82) is 0 Å². The molecular weight excluding hydrogens is 238 g/mol. The van der Waals surface area contributed by atoms with Crippen LogP contribution in [0.15, 0.2) is 0 Å². The average Bonchev–Trinajstić information content (AvgIpc) is 2.46. The molecule has 1 aliphatic carbocycles. The van der Waals surface area contributed by atoms with Gasteiger partial charge in [0, 0.05) is 39.3 Å². The lowest BCUT2D eigenvalue weighted by Crippen LogP contribution is -2.54. The smallest absolute Gasteiger partial charge is 0.239 e. The van der Waals surface area contributed by atoms with Gasteiger partial charge >= 0.3 is 0 Å². The highest BCUT2D eigenvalue weighted by Crippen LogP contribution is 2.27. The number of likely N-dealkylation sites (N-methyl/N-ethyl adjacent to an activating group) is 1. The van der Waals surface area contributed by atoms with Crippen molar-refractivity contribution >= 4 is 5.91 Å². The quantitative estimate of drug-likeness (QED) is 0.837. The van der Waals surface area contributed by atoms with E-state index in [1.807, 2.05) is 11.9 Å². The molecule has 2 aliphatic rings. The molecule has 4 nitrogen and oxygen atoms in total. The molecule has 1 N–H and O–H groups in total. The van der Waals surface area contributed by atoms with Crippen LogP contribution in [-0.4, -0.2) is 61.0 Å². The van der Waals surface area contributed by atoms with Gasteiger partial charge in [-0.3, -0.25) is 9.69 Å². The summed E-state index contributed by atoms with van der Waals surface area (Å²) in [6.45, 7) is 8.37. The van der Waals surface area contributed by atoms with E-state index in [1.165, 1.54) is 25.7 Å². The van der Waals surface area contributed by atoms with Crippen LogP contribution in [0.5, 0.6) is 0 Å². The number of nitrogens with zero attached hydrogens (tertiary/aromatic N) is 2. The summed E-state index contributed by atoms with van der Waals surface area (Å²) in [6, 6.07) is 0.500. The summed E-state index contributed by atoms with van der Waals surface area (Å²) < 4.78 is 0. The summed E-state index contributed by atoms with van der Waals surface area (Å²) in [5.74, 6) is 1.15. The van der Waals surface area contributed by atoms with Crippen LogP contribution in [-0.2, 0) is 4.79 Å². The van der Waals surface area contributed by atoms with Gasteiger partial charge in [-0.15, -0.1) is 0 Å². The Morgan fingerprint density at radius 3 is 2.37 bits per heavy atom. The minimum absolute atomic E-state index is 0.0337. The van der Waals surface area contributed by atoms with Crippen molar-refractivity contribution in [3.8, 4) is 0 Å². The molecule has 0 spiro atoms. The third kappa shape index (κ3) is 3.69. The molecule has 2 fully saturated rings. The van der Waals surface area contributed by atoms with Crippen LogP contribution in [0.3, 0.4) is 0 Å². The van der Waals surface area contributed by atoms with Crippen molar-refractivity contribution in [3.05, 3.63) is 0 Å². The van der Waals surface area contributed by atoms with Crippen molar-refractivity contribution in [2.24, 2.45) is 5.92 Å². The van der Waals surface area contributed by atoms with Crippen molar-refractivity contribution in [2.75, 3.05) is 33.2 Å². The fourth-order valence-electron chi connectivity index (χ4n) is 3.33. The van der Waals surface area contributed by atoms with Crippen molar-refractivity contribution < 1.29 is 4.79 Å². The van der Waals surface area contributed by atoms with Gasteiger partial charge in [0.1, 0.15) is 0 Å². The maximum Gasteiger partial charge on any atom is 0.239 e. The first-order chi connectivity index (χ1) is 9.09. The minimum Gasteiger partial charge on any atom is -0.341 e. The molecule has 0 aromatic rings. The Morgan fingerprint density at radius 2 is 1.79 bits per heavy atom. The summed E-state index contributed by atoms with van der Waals surface area (Å²) in [6.07, 6.45) is 4.89. The number of nitrogens with one attached hydrogen (secondary N) is 1. The first kappa shape index (κ1) is 14.8. The lowest BCUT2D eigenvalue weighted by Gasteiger charge is -2.38. The van der Waals surface area contributed by atoms with Crippen molar-refractivity contribution in [2.45, 2.75) is 51.6 Å². The van der Waals surface area contributed by atoms with Crippen LogP contribution in [0.1, 0.15) is 39.5 Å². The molecule has 1 saturated heterocycles. The van der Waals surface area contributed by atoms with E-state index in [9.17, 15) is 4.79 Å². The SMILES string of the molecule is CC1CCC(N(C)C(=O)C(C)N2CCNCC2)CC1. The molecule has 110 valence electrons. The number of hydrogen-bond acceptors (Lipinski definition) is 3. The standard InChI is InChI=1S/C15H29N3O/c1-12-4-6-14(7-5-12)17(3)15(19)13(2)18-10-8-16-9-11-18/h12-14,16H,4-11H2,1-3H3. The number of rotatable bonds is 3. The van der Waals surface area contributed by atoms with Crippen LogP contribution in [0, 0.1) is 5.92 Å². The zero-order chi connectivity index (χ0) is 13.8. The number of carbonyl (C=O) groups excluding carboxylic acids is 1. The second-order valence-electron chi connectivity index (χ2n) is 6.32. The molecular formula is C15H29N3O. The number of hydrogen-bond donors (Lipinski definition) is 1. The predicted molar refractivity (Wildman–Crippen MR) is 78.1 cm³/mol. The van der Waals surface area contributed by atoms with E-state index < -0.39 is 0 Å². The summed E-state index contributed by atoms with van der Waals surface area (Å²) in [5.41, 5.74) is 0. The molecule has 4 heteroatoms. The predicted octanol–water partition coefficient (Wildman–Crippen LogP) is 1.32. The van der Waals surface area contributed by atoms with Gasteiger partial charge in [0.25, 0.3) is 0 Å². The van der Waals surface area contributed by atoms with E-state index in [2.05, 4.69) is 24.1 Å². The van der Waals surface area contributed by atoms with Crippen LogP contribution >= 0.6 is 0 Å². The molecule has 1 atom stereocenters. The Labute approximate surface area is 117 Å². The fraction of sp³-hybridized carbons (Fsp3) is 0.933. The first-order valence-electron chi connectivity index (χ1n) is 7.81. The van der Waals surface area contributed by atoms with Gasteiger partial charge in [-0.1, -0.05) is 6.92 Å². The van der Waals surface area contributed by atoms with Crippen LogP contribution in [0.25, 0.3) is 0 Å². The maximum absolute atomic E-state index is 12.6. The number of carbonyl (C=O) groups is 1. The van der Waals surface area contributed by atoms with Gasteiger partial charge in [0.2, 0.25) is 5.91 Å². The molecule has 1 saturated carbocycles. The largest absolute Gasteiger partial charge is 0.341 e. The van der Waals surface area contributed by atoms with E-state index in [0.29, 0.717) is 11.9 Å². The molecule has 19 heavy (non-hydrogen) atoms. The zero-order valence-corrected chi connectivity index (χ0v) is 12.7. The Hall–Kier alpha value is -0.610. The highest BCUT2D eigenvalue weighted by molar-refractivity contribution is 5.81. The number of amides is 1. The van der Waals surface area contributed by atoms with Crippen molar-refractivity contribution in [3.63, 3.8) is 0 Å². The first-order valence-corrected chi connectivity index (χ1v) is 7.81. The van der Waals surface area contributed by atoms with Gasteiger partial charge in [0.05, 0.1) is 6.04 Å². The van der Waals surface area contributed by atoms with Gasteiger partial charge in [-0.2, -0.15) is 0 Å². The fourth-order valence-corrected chi connectivity index (χ4v) is 3.33. The van der Waals surface area contributed by atoms with Crippen molar-refractivity contribution in [1.82, 2.24) is 15.1 Å². The van der Waals surface area contributed by atoms with E-state index in [0.717, 1.165) is 32.1 Å². The molecule has 0 aromatic heterocycles. The molecule has 1 aliphatic heterocycles. The Kier molecular flexibility index (Phi) is 5.22. The molecule has 2 rings (SSSR count). The molecule has 1 heterocycles. The second kappa shape index (κ2) is 6.71. The normalized spacial score (nSPS) is 30.9. The third-order valence-corrected chi connectivity index (χ3v) is 4.94. The minimum atomic E-state index is 0.0337. The second-order valence-corrected chi connectivity index (χ2v) is 6.32. The van der Waals surface area contributed by atoms with Gasteiger partial charge < -0.3 is 10.2 Å². The van der Waals surface area contributed by atoms with E-state index in [4.69, 9.17) is 0 Å². The third-order valence-electron chi connectivity index (χ3n) is 4.94. The number of piperazine rings is 1. The van der Waals surface area contributed by atoms with Gasteiger partial charge in [-0.25, -0.2) is 0 Å². The molecule has 1 unspecified atom stereocenters. The summed E-state index contributed by atoms with van der Waals surface area (Å²) in [7, 11) is 2.00. The summed E-state index contributed by atoms with van der Waals surface area (Å²) in [4.78, 5) is 16.9. The molecule has 0 bridgehead atoms. The Morgan fingerprint density at radius 1 is 1.21 bits per heavy atom. The van der Waals surface area contributed by atoms with Crippen LogP contribution < -0.4 is 5.32 Å². The highest BCUT2D eigenvalue weighted by Gasteiger charge is 2.30. The van der Waals surface area contributed by atoms with E-state index in [1.54, 1.807) is 0 Å². The molecule has 1 amide bonds.